The number of ether oxygens (including phenoxy) is 1. The van der Waals surface area contributed by atoms with E-state index >= 15 is 0 Å². The third-order valence-electron chi connectivity index (χ3n) is 2.52. The van der Waals surface area contributed by atoms with E-state index in [9.17, 15) is 9.18 Å². The van der Waals surface area contributed by atoms with Crippen molar-refractivity contribution >= 4 is 17.4 Å². The van der Waals surface area contributed by atoms with E-state index in [2.05, 4.69) is 12.0 Å². The summed E-state index contributed by atoms with van der Waals surface area (Å²) in [5.41, 5.74) is 0.294. The summed E-state index contributed by atoms with van der Waals surface area (Å²) < 4.78 is 18.1. The number of hydrogen-bond acceptors (Lipinski definition) is 3. The van der Waals surface area contributed by atoms with Gasteiger partial charge in [-0.2, -0.15) is 0 Å². The van der Waals surface area contributed by atoms with Gasteiger partial charge < -0.3 is 9.64 Å². The fourth-order valence-electron chi connectivity index (χ4n) is 1.51. The van der Waals surface area contributed by atoms with Gasteiger partial charge in [0.15, 0.2) is 0 Å². The number of carbonyl (C=O) groups is 1. The minimum absolute atomic E-state index is 0.0750. The van der Waals surface area contributed by atoms with Crippen LogP contribution in [0.2, 0.25) is 5.02 Å². The van der Waals surface area contributed by atoms with Crippen molar-refractivity contribution in [3.05, 3.63) is 34.6 Å². The van der Waals surface area contributed by atoms with Gasteiger partial charge in [-0.25, -0.2) is 4.39 Å². The highest BCUT2D eigenvalue weighted by atomic mass is 35.5. The molecule has 0 N–H and O–H groups in total. The van der Waals surface area contributed by atoms with Crippen molar-refractivity contribution in [1.82, 2.24) is 4.90 Å². The predicted octanol–water partition coefficient (Wildman–Crippen LogP) is 1.95. The lowest BCUT2D eigenvalue weighted by atomic mass is 10.1. The summed E-state index contributed by atoms with van der Waals surface area (Å²) in [4.78, 5) is 13.6. The Kier molecular flexibility index (Phi) is 4.19. The molecule has 0 saturated carbocycles. The van der Waals surface area contributed by atoms with E-state index in [4.69, 9.17) is 16.3 Å². The highest BCUT2D eigenvalue weighted by Crippen LogP contribution is 2.16. The zero-order valence-electron chi connectivity index (χ0n) is 9.58. The van der Waals surface area contributed by atoms with Gasteiger partial charge in [0.1, 0.15) is 5.82 Å². The molecule has 1 fully saturated rings. The van der Waals surface area contributed by atoms with E-state index in [-0.39, 0.29) is 10.8 Å². The van der Waals surface area contributed by atoms with E-state index in [1.54, 1.807) is 0 Å². The minimum atomic E-state index is -0.547. The van der Waals surface area contributed by atoms with E-state index in [0.29, 0.717) is 31.9 Å². The third kappa shape index (κ3) is 3.22. The number of hydrogen-bond donors (Lipinski definition) is 0. The monoisotopic (exact) mass is 267 g/mol. The molecule has 1 aliphatic heterocycles. The lowest BCUT2D eigenvalue weighted by Gasteiger charge is -2.22. The minimum Gasteiger partial charge on any atom is -0.378 e. The van der Waals surface area contributed by atoms with Crippen LogP contribution in [-0.2, 0) is 4.74 Å². The number of morpholine rings is 1. The van der Waals surface area contributed by atoms with Gasteiger partial charge in [0.2, 0.25) is 5.78 Å². The van der Waals surface area contributed by atoms with Crippen LogP contribution in [0.5, 0.6) is 0 Å². The maximum Gasteiger partial charge on any atom is 0.237 e. The number of halogens is 2. The Labute approximate surface area is 109 Å². The van der Waals surface area contributed by atoms with Crippen LogP contribution in [0, 0.1) is 17.8 Å². The fraction of sp³-hybridized carbons (Fsp3) is 0.308. The van der Waals surface area contributed by atoms with Crippen LogP contribution >= 0.6 is 11.6 Å². The Morgan fingerprint density at radius 2 is 2.11 bits per heavy atom. The van der Waals surface area contributed by atoms with Crippen LogP contribution in [0.3, 0.4) is 0 Å². The van der Waals surface area contributed by atoms with E-state index in [1.165, 1.54) is 12.1 Å². The molecular formula is C13H11ClFNO2. The average Bonchev–Trinajstić information content (AvgIpc) is 2.40. The zero-order chi connectivity index (χ0) is 13.0. The van der Waals surface area contributed by atoms with Crippen LogP contribution in [0.15, 0.2) is 18.2 Å². The third-order valence-corrected chi connectivity index (χ3v) is 2.81. The summed E-state index contributed by atoms with van der Waals surface area (Å²) in [5, 5.41) is -0.0750. The second kappa shape index (κ2) is 5.85. The first kappa shape index (κ1) is 12.9. The van der Waals surface area contributed by atoms with Crippen molar-refractivity contribution in [2.75, 3.05) is 26.3 Å². The molecule has 94 valence electrons. The van der Waals surface area contributed by atoms with Crippen molar-refractivity contribution < 1.29 is 13.9 Å². The second-order valence-electron chi connectivity index (χ2n) is 3.79. The van der Waals surface area contributed by atoms with Crippen LogP contribution in [0.4, 0.5) is 4.39 Å². The molecular weight excluding hydrogens is 257 g/mol. The highest BCUT2D eigenvalue weighted by molar-refractivity contribution is 6.31. The van der Waals surface area contributed by atoms with E-state index in [0.717, 1.165) is 6.07 Å². The molecule has 5 heteroatoms. The van der Waals surface area contributed by atoms with Gasteiger partial charge in [-0.15, -0.1) is 0 Å². The number of carbonyl (C=O) groups excluding carboxylic acids is 1. The SMILES string of the molecule is O=C(C#CN1CCOCC1)c1ccc(F)c(Cl)c1. The first-order valence-corrected chi connectivity index (χ1v) is 5.88. The average molecular weight is 268 g/mol. The molecule has 0 radical (unpaired) electrons. The Morgan fingerprint density at radius 1 is 1.39 bits per heavy atom. The molecule has 0 aliphatic carbocycles. The van der Waals surface area contributed by atoms with Crippen LogP contribution < -0.4 is 0 Å². The van der Waals surface area contributed by atoms with Gasteiger partial charge in [0.05, 0.1) is 18.2 Å². The molecule has 0 bridgehead atoms. The maximum absolute atomic E-state index is 12.9. The summed E-state index contributed by atoms with van der Waals surface area (Å²) in [6.07, 6.45) is 0. The lowest BCUT2D eigenvalue weighted by molar-refractivity contribution is 0.0637. The first-order chi connectivity index (χ1) is 8.66. The molecule has 1 aromatic carbocycles. The molecule has 1 aromatic rings. The van der Waals surface area contributed by atoms with Gasteiger partial charge in [0, 0.05) is 24.7 Å². The van der Waals surface area contributed by atoms with Gasteiger partial charge in [-0.1, -0.05) is 11.6 Å². The highest BCUT2D eigenvalue weighted by Gasteiger charge is 2.08. The Bertz CT molecular complexity index is 515. The summed E-state index contributed by atoms with van der Waals surface area (Å²) in [5.74, 6) is 1.60. The Hall–Kier alpha value is -1.57. The standard InChI is InChI=1S/C13H11ClFNO2/c14-11-9-10(1-2-12(11)15)13(17)3-4-16-5-7-18-8-6-16/h1-2,9H,5-8H2. The van der Waals surface area contributed by atoms with Crippen molar-refractivity contribution in [2.45, 2.75) is 0 Å². The van der Waals surface area contributed by atoms with E-state index in [1.807, 2.05) is 4.90 Å². The molecule has 3 nitrogen and oxygen atoms in total. The second-order valence-corrected chi connectivity index (χ2v) is 4.20. The van der Waals surface area contributed by atoms with Crippen molar-refractivity contribution in [3.8, 4) is 12.0 Å². The molecule has 0 amide bonds. The first-order valence-electron chi connectivity index (χ1n) is 5.50. The molecule has 1 heterocycles. The number of benzene rings is 1. The Balaban J connectivity index is 2.07. The molecule has 18 heavy (non-hydrogen) atoms. The number of Topliss-reactive ketones (excluding diaryl/α,β-unsaturated/α-hetero) is 1. The topological polar surface area (TPSA) is 29.5 Å². The lowest BCUT2D eigenvalue weighted by Crippen LogP contribution is -2.32. The fourth-order valence-corrected chi connectivity index (χ4v) is 1.70. The van der Waals surface area contributed by atoms with Gasteiger partial charge in [-0.3, -0.25) is 4.79 Å². The molecule has 1 aliphatic rings. The Morgan fingerprint density at radius 3 is 2.78 bits per heavy atom. The van der Waals surface area contributed by atoms with Crippen molar-refractivity contribution in [3.63, 3.8) is 0 Å². The van der Waals surface area contributed by atoms with E-state index < -0.39 is 5.82 Å². The normalized spacial score (nSPS) is 14.9. The van der Waals surface area contributed by atoms with Crippen LogP contribution in [0.25, 0.3) is 0 Å². The quantitative estimate of drug-likeness (QED) is 0.575. The predicted molar refractivity (Wildman–Crippen MR) is 65.9 cm³/mol. The molecule has 2 rings (SSSR count). The van der Waals surface area contributed by atoms with Crippen LogP contribution in [-0.4, -0.2) is 37.0 Å². The molecule has 0 unspecified atom stereocenters. The van der Waals surface area contributed by atoms with Crippen LogP contribution in [0.1, 0.15) is 10.4 Å². The summed E-state index contributed by atoms with van der Waals surface area (Å²) in [6, 6.07) is 6.59. The molecule has 1 saturated heterocycles. The van der Waals surface area contributed by atoms with Gasteiger partial charge >= 0.3 is 0 Å². The summed E-state index contributed by atoms with van der Waals surface area (Å²) in [7, 11) is 0. The number of ketones is 1. The zero-order valence-corrected chi connectivity index (χ0v) is 10.3. The molecule has 0 atom stereocenters. The van der Waals surface area contributed by atoms with Gasteiger partial charge in [-0.05, 0) is 24.1 Å². The number of rotatable bonds is 1. The maximum atomic E-state index is 12.9. The summed E-state index contributed by atoms with van der Waals surface area (Å²) in [6.45, 7) is 2.60. The van der Waals surface area contributed by atoms with Crippen molar-refractivity contribution in [2.24, 2.45) is 0 Å². The molecule has 0 spiro atoms. The van der Waals surface area contributed by atoms with Crippen molar-refractivity contribution in [1.29, 1.82) is 0 Å². The summed E-state index contributed by atoms with van der Waals surface area (Å²) >= 11 is 5.60. The smallest absolute Gasteiger partial charge is 0.237 e. The molecule has 0 aromatic heterocycles. The largest absolute Gasteiger partial charge is 0.378 e. The number of nitrogens with zero attached hydrogens (tertiary/aromatic N) is 1. The van der Waals surface area contributed by atoms with Gasteiger partial charge in [0.25, 0.3) is 0 Å².